The van der Waals surface area contributed by atoms with Crippen LogP contribution in [0, 0.1) is 0 Å². The van der Waals surface area contributed by atoms with Crippen molar-refractivity contribution in [2.75, 3.05) is 32.0 Å². The number of rotatable bonds is 10. The molecule has 0 radical (unpaired) electrons. The number of thioether (sulfide) groups is 2. The molecular formula is C22H26N2O3S3. The average molecular weight is 463 g/mol. The van der Waals surface area contributed by atoms with Gasteiger partial charge >= 0.3 is 0 Å². The van der Waals surface area contributed by atoms with Gasteiger partial charge in [0.05, 0.1) is 24.4 Å². The van der Waals surface area contributed by atoms with Gasteiger partial charge in [-0.3, -0.25) is 4.79 Å². The van der Waals surface area contributed by atoms with E-state index < -0.39 is 0 Å². The lowest BCUT2D eigenvalue weighted by Crippen LogP contribution is -2.18. The lowest BCUT2D eigenvalue weighted by molar-refractivity contribution is -0.118. The van der Waals surface area contributed by atoms with Crippen LogP contribution in [0.1, 0.15) is 12.8 Å². The normalized spacial score (nSPS) is 11.8. The number of ether oxygens (including phenoxy) is 2. The summed E-state index contributed by atoms with van der Waals surface area (Å²) in [5.41, 5.74) is 1.09. The van der Waals surface area contributed by atoms with Crippen molar-refractivity contribution in [1.82, 2.24) is 4.57 Å². The summed E-state index contributed by atoms with van der Waals surface area (Å²) in [7, 11) is 3.32. The summed E-state index contributed by atoms with van der Waals surface area (Å²) in [6, 6.07) is 14.0. The fourth-order valence-corrected chi connectivity index (χ4v) is 5.23. The van der Waals surface area contributed by atoms with Crippen molar-refractivity contribution in [3.05, 3.63) is 47.3 Å². The number of aromatic nitrogens is 1. The molecule has 0 aliphatic carbocycles. The van der Waals surface area contributed by atoms with Gasteiger partial charge in [0, 0.05) is 23.6 Å². The Hall–Kier alpha value is -1.90. The first kappa shape index (κ1) is 22.8. The average Bonchev–Trinajstić information content (AvgIpc) is 3.11. The van der Waals surface area contributed by atoms with Gasteiger partial charge in [0.2, 0.25) is 5.91 Å². The van der Waals surface area contributed by atoms with Gasteiger partial charge in [0.15, 0.2) is 4.80 Å². The summed E-state index contributed by atoms with van der Waals surface area (Å²) in [5.74, 6) is 3.45. The number of hydrogen-bond donors (Lipinski definition) is 0. The van der Waals surface area contributed by atoms with Gasteiger partial charge in [-0.25, -0.2) is 0 Å². The molecule has 1 aromatic heterocycles. The lowest BCUT2D eigenvalue weighted by Gasteiger charge is -2.05. The summed E-state index contributed by atoms with van der Waals surface area (Å²) >= 11 is 5.06. The number of benzene rings is 2. The molecule has 30 heavy (non-hydrogen) atoms. The Labute approximate surface area is 189 Å². The molecule has 0 unspecified atom stereocenters. The standard InChI is InChI=1S/C22H26N2O3S3/c1-26-16-6-9-18(10-7-16)29-13-4-5-21(25)23-22-24(12-14-28-3)19-11-8-17(27-2)15-20(19)30-22/h6-11,15H,4-5,12-14H2,1-3H3. The van der Waals surface area contributed by atoms with Gasteiger partial charge in [-0.15, -0.1) is 11.8 Å². The zero-order chi connectivity index (χ0) is 21.3. The Morgan fingerprint density at radius 2 is 1.80 bits per heavy atom. The molecule has 0 bridgehead atoms. The van der Waals surface area contributed by atoms with Crippen LogP contribution >= 0.6 is 34.9 Å². The molecule has 5 nitrogen and oxygen atoms in total. The van der Waals surface area contributed by atoms with Gasteiger partial charge < -0.3 is 14.0 Å². The van der Waals surface area contributed by atoms with E-state index in [2.05, 4.69) is 15.8 Å². The topological polar surface area (TPSA) is 52.8 Å². The first-order valence-corrected chi connectivity index (χ1v) is 12.8. The SMILES string of the molecule is COc1ccc(SCCCC(=O)N=c2sc3cc(OC)ccc3n2CCSC)cc1. The fraction of sp³-hybridized carbons (Fsp3) is 0.364. The maximum atomic E-state index is 12.5. The number of hydrogen-bond acceptors (Lipinski definition) is 6. The summed E-state index contributed by atoms with van der Waals surface area (Å²) in [5, 5.41) is 0. The van der Waals surface area contributed by atoms with Crippen molar-refractivity contribution in [3.63, 3.8) is 0 Å². The van der Waals surface area contributed by atoms with E-state index in [4.69, 9.17) is 9.47 Å². The third kappa shape index (κ3) is 6.06. The maximum Gasteiger partial charge on any atom is 0.248 e. The van der Waals surface area contributed by atoms with Crippen LogP contribution in [0.15, 0.2) is 52.4 Å². The van der Waals surface area contributed by atoms with Crippen LogP contribution in [0.4, 0.5) is 0 Å². The number of carbonyl (C=O) groups is 1. The predicted octanol–water partition coefficient (Wildman–Crippen LogP) is 5.08. The number of carbonyl (C=O) groups excluding carboxylic acids is 1. The number of fused-ring (bicyclic) bond motifs is 1. The molecule has 0 spiro atoms. The van der Waals surface area contributed by atoms with Crippen LogP contribution in [0.25, 0.3) is 10.2 Å². The van der Waals surface area contributed by atoms with Gasteiger partial charge in [-0.2, -0.15) is 16.8 Å². The summed E-state index contributed by atoms with van der Waals surface area (Å²) in [4.78, 5) is 18.9. The minimum absolute atomic E-state index is 0.0678. The van der Waals surface area contributed by atoms with Crippen molar-refractivity contribution in [2.45, 2.75) is 24.3 Å². The molecular weight excluding hydrogens is 436 g/mol. The quantitative estimate of drug-likeness (QED) is 0.311. The number of thiazole rings is 1. The molecule has 2 aromatic carbocycles. The third-order valence-corrected chi connectivity index (χ3v) is 7.22. The Morgan fingerprint density at radius 1 is 1.07 bits per heavy atom. The number of methoxy groups -OCH3 is 2. The van der Waals surface area contributed by atoms with Crippen molar-refractivity contribution in [2.24, 2.45) is 4.99 Å². The molecule has 8 heteroatoms. The van der Waals surface area contributed by atoms with E-state index >= 15 is 0 Å². The fourth-order valence-electron chi connectivity index (χ4n) is 2.91. The van der Waals surface area contributed by atoms with Crippen LogP contribution in [0.3, 0.4) is 0 Å². The monoisotopic (exact) mass is 462 g/mol. The Kier molecular flexibility index (Phi) is 8.72. The third-order valence-electron chi connectivity index (χ3n) is 4.49. The van der Waals surface area contributed by atoms with Crippen LogP contribution in [-0.4, -0.2) is 42.5 Å². The molecule has 3 aromatic rings. The minimum atomic E-state index is -0.0678. The second-order valence-corrected chi connectivity index (χ2v) is 9.66. The van der Waals surface area contributed by atoms with E-state index in [1.807, 2.05) is 42.5 Å². The molecule has 0 aliphatic heterocycles. The lowest BCUT2D eigenvalue weighted by atomic mass is 10.3. The van der Waals surface area contributed by atoms with Crippen molar-refractivity contribution in [3.8, 4) is 11.5 Å². The molecule has 0 saturated carbocycles. The van der Waals surface area contributed by atoms with E-state index in [0.29, 0.717) is 6.42 Å². The Bertz CT molecular complexity index is 1040. The Balaban J connectivity index is 1.65. The second-order valence-electron chi connectivity index (χ2n) is 6.50. The highest BCUT2D eigenvalue weighted by atomic mass is 32.2. The molecule has 0 N–H and O–H groups in total. The predicted molar refractivity (Wildman–Crippen MR) is 128 cm³/mol. The summed E-state index contributed by atoms with van der Waals surface area (Å²) in [6.45, 7) is 0.826. The number of aryl methyl sites for hydroxylation is 1. The van der Waals surface area contributed by atoms with E-state index in [9.17, 15) is 4.79 Å². The summed E-state index contributed by atoms with van der Waals surface area (Å²) < 4.78 is 13.7. The van der Waals surface area contributed by atoms with Gasteiger partial charge in [-0.1, -0.05) is 11.3 Å². The molecule has 0 saturated heterocycles. The largest absolute Gasteiger partial charge is 0.497 e. The van der Waals surface area contributed by atoms with E-state index in [0.717, 1.165) is 51.0 Å². The smallest absolute Gasteiger partial charge is 0.248 e. The molecule has 160 valence electrons. The highest BCUT2D eigenvalue weighted by Crippen LogP contribution is 2.24. The van der Waals surface area contributed by atoms with E-state index in [1.165, 1.54) is 4.90 Å². The first-order valence-electron chi connectivity index (χ1n) is 9.65. The van der Waals surface area contributed by atoms with Crippen molar-refractivity contribution in [1.29, 1.82) is 0 Å². The second kappa shape index (κ2) is 11.5. The van der Waals surface area contributed by atoms with Crippen molar-refractivity contribution >= 4 is 51.0 Å². The molecule has 3 rings (SSSR count). The number of nitrogens with zero attached hydrogens (tertiary/aromatic N) is 2. The van der Waals surface area contributed by atoms with Crippen molar-refractivity contribution < 1.29 is 14.3 Å². The molecule has 1 amide bonds. The molecule has 0 aliphatic rings. The molecule has 1 heterocycles. The minimum Gasteiger partial charge on any atom is -0.497 e. The Morgan fingerprint density at radius 3 is 2.50 bits per heavy atom. The van der Waals surface area contributed by atoms with Gasteiger partial charge in [-0.05, 0) is 60.9 Å². The molecule has 0 atom stereocenters. The maximum absolute atomic E-state index is 12.5. The highest BCUT2D eigenvalue weighted by molar-refractivity contribution is 7.99. The molecule has 0 fully saturated rings. The number of amides is 1. The zero-order valence-corrected chi connectivity index (χ0v) is 19.9. The van der Waals surface area contributed by atoms with Crippen LogP contribution in [0.5, 0.6) is 11.5 Å². The van der Waals surface area contributed by atoms with Gasteiger partial charge in [0.25, 0.3) is 0 Å². The first-order chi connectivity index (χ1) is 14.6. The zero-order valence-electron chi connectivity index (χ0n) is 17.4. The highest BCUT2D eigenvalue weighted by Gasteiger charge is 2.09. The summed E-state index contributed by atoms with van der Waals surface area (Å²) in [6.07, 6.45) is 3.33. The van der Waals surface area contributed by atoms with Crippen LogP contribution < -0.4 is 14.3 Å². The van der Waals surface area contributed by atoms with E-state index in [1.54, 1.807) is 49.1 Å². The van der Waals surface area contributed by atoms with E-state index in [-0.39, 0.29) is 5.91 Å². The van der Waals surface area contributed by atoms with Crippen LogP contribution in [0.2, 0.25) is 0 Å². The van der Waals surface area contributed by atoms with Gasteiger partial charge in [0.1, 0.15) is 11.5 Å². The van der Waals surface area contributed by atoms with Crippen LogP contribution in [-0.2, 0) is 11.3 Å².